The molecule has 8 heteroatoms. The topological polar surface area (TPSA) is 65.1 Å². The summed E-state index contributed by atoms with van der Waals surface area (Å²) in [6, 6.07) is 7.99. The van der Waals surface area contributed by atoms with E-state index in [1.165, 1.54) is 0 Å². The molecule has 1 aromatic carbocycles. The summed E-state index contributed by atoms with van der Waals surface area (Å²) in [4.78, 5) is 32.0. The first-order valence-corrected chi connectivity index (χ1v) is 11.2. The number of halogens is 1. The number of carbonyl (C=O) groups is 2. The minimum absolute atomic E-state index is 0.0911. The summed E-state index contributed by atoms with van der Waals surface area (Å²) < 4.78 is 5.33. The summed E-state index contributed by atoms with van der Waals surface area (Å²) in [7, 11) is 2.10. The number of likely N-dealkylation sites (tertiary alicyclic amines) is 1. The van der Waals surface area contributed by atoms with Crippen LogP contribution in [0.1, 0.15) is 24.8 Å². The van der Waals surface area contributed by atoms with Gasteiger partial charge in [-0.2, -0.15) is 0 Å². The van der Waals surface area contributed by atoms with E-state index >= 15 is 0 Å². The van der Waals surface area contributed by atoms with E-state index < -0.39 is 0 Å². The van der Waals surface area contributed by atoms with Gasteiger partial charge in [0.05, 0.1) is 13.2 Å². The van der Waals surface area contributed by atoms with Crippen LogP contribution in [0.25, 0.3) is 0 Å². The lowest BCUT2D eigenvalue weighted by atomic mass is 10.0. The second kappa shape index (κ2) is 9.64. The largest absolute Gasteiger partial charge is 0.378 e. The van der Waals surface area contributed by atoms with Crippen LogP contribution in [0.2, 0.25) is 5.02 Å². The first kappa shape index (κ1) is 21.6. The molecule has 3 aliphatic heterocycles. The van der Waals surface area contributed by atoms with Crippen LogP contribution >= 0.6 is 11.6 Å². The Morgan fingerprint density at radius 2 is 2.07 bits per heavy atom. The van der Waals surface area contributed by atoms with Crippen LogP contribution in [-0.4, -0.2) is 91.1 Å². The molecule has 7 nitrogen and oxygen atoms in total. The number of morpholine rings is 1. The standard InChI is InChI=1S/C22H31ClN4O3/c1-25-18(5-6-20(28)26-9-11-30-12-10-26)14-24-22(29)21-19(25)7-8-27(21)15-16-3-2-4-17(23)13-16/h2-4,13,18-19,21H,5-12,14-15H2,1H3,(H,24,29). The van der Waals surface area contributed by atoms with E-state index in [2.05, 4.69) is 28.2 Å². The molecule has 30 heavy (non-hydrogen) atoms. The van der Waals surface area contributed by atoms with Crippen LogP contribution in [0, 0.1) is 0 Å². The number of benzene rings is 1. The minimum Gasteiger partial charge on any atom is -0.378 e. The lowest BCUT2D eigenvalue weighted by Crippen LogP contribution is -2.49. The average molecular weight is 435 g/mol. The van der Waals surface area contributed by atoms with Crippen molar-refractivity contribution in [2.45, 2.75) is 43.9 Å². The van der Waals surface area contributed by atoms with Crippen molar-refractivity contribution in [2.24, 2.45) is 0 Å². The first-order valence-electron chi connectivity index (χ1n) is 10.9. The molecule has 0 aromatic heterocycles. The minimum atomic E-state index is -0.172. The Hall–Kier alpha value is -1.67. The molecule has 3 aliphatic rings. The van der Waals surface area contributed by atoms with Crippen molar-refractivity contribution in [3.63, 3.8) is 0 Å². The van der Waals surface area contributed by atoms with E-state index in [-0.39, 0.29) is 29.9 Å². The van der Waals surface area contributed by atoms with Gasteiger partial charge >= 0.3 is 0 Å². The Morgan fingerprint density at radius 1 is 1.27 bits per heavy atom. The third kappa shape index (κ3) is 4.80. The molecule has 1 aromatic rings. The molecular formula is C22H31ClN4O3. The Bertz CT molecular complexity index is 771. The zero-order valence-corrected chi connectivity index (χ0v) is 18.3. The molecule has 0 saturated carbocycles. The van der Waals surface area contributed by atoms with Gasteiger partial charge in [0.15, 0.2) is 0 Å². The number of hydrogen-bond donors (Lipinski definition) is 1. The molecule has 3 unspecified atom stereocenters. The van der Waals surface area contributed by atoms with E-state index in [1.54, 1.807) is 0 Å². The van der Waals surface area contributed by atoms with E-state index in [1.807, 2.05) is 23.1 Å². The maximum Gasteiger partial charge on any atom is 0.239 e. The van der Waals surface area contributed by atoms with Gasteiger partial charge in [-0.3, -0.25) is 19.4 Å². The fourth-order valence-corrected chi connectivity index (χ4v) is 5.17. The number of ether oxygens (including phenoxy) is 1. The van der Waals surface area contributed by atoms with Crippen molar-refractivity contribution in [3.8, 4) is 0 Å². The Balaban J connectivity index is 1.38. The molecule has 1 N–H and O–H groups in total. The first-order chi connectivity index (χ1) is 14.5. The molecule has 3 fully saturated rings. The molecule has 2 amide bonds. The van der Waals surface area contributed by atoms with E-state index in [4.69, 9.17) is 16.3 Å². The van der Waals surface area contributed by atoms with Crippen molar-refractivity contribution in [2.75, 3.05) is 46.4 Å². The summed E-state index contributed by atoms with van der Waals surface area (Å²) in [5.41, 5.74) is 1.12. The second-order valence-electron chi connectivity index (χ2n) is 8.50. The molecule has 0 radical (unpaired) electrons. The van der Waals surface area contributed by atoms with Crippen molar-refractivity contribution in [1.29, 1.82) is 0 Å². The number of rotatable bonds is 5. The monoisotopic (exact) mass is 434 g/mol. The van der Waals surface area contributed by atoms with Gasteiger partial charge in [0, 0.05) is 56.3 Å². The normalized spacial score (nSPS) is 28.1. The summed E-state index contributed by atoms with van der Waals surface area (Å²) in [5.74, 6) is 0.279. The molecule has 0 bridgehead atoms. The number of nitrogens with one attached hydrogen (secondary N) is 1. The highest BCUT2D eigenvalue weighted by Crippen LogP contribution is 2.29. The lowest BCUT2D eigenvalue weighted by Gasteiger charge is -2.33. The third-order valence-electron chi connectivity index (χ3n) is 6.68. The van der Waals surface area contributed by atoms with Crippen LogP contribution in [0.15, 0.2) is 24.3 Å². The molecule has 164 valence electrons. The maximum absolute atomic E-state index is 12.9. The van der Waals surface area contributed by atoms with Crippen molar-refractivity contribution >= 4 is 23.4 Å². The second-order valence-corrected chi connectivity index (χ2v) is 8.93. The van der Waals surface area contributed by atoms with Gasteiger partial charge < -0.3 is 15.0 Å². The molecule has 4 rings (SSSR count). The van der Waals surface area contributed by atoms with E-state index in [0.29, 0.717) is 45.8 Å². The summed E-state index contributed by atoms with van der Waals surface area (Å²) in [6.07, 6.45) is 2.21. The van der Waals surface area contributed by atoms with Gasteiger partial charge in [-0.1, -0.05) is 23.7 Å². The number of hydrogen-bond acceptors (Lipinski definition) is 5. The fraction of sp³-hybridized carbons (Fsp3) is 0.636. The van der Waals surface area contributed by atoms with Crippen LogP contribution < -0.4 is 5.32 Å². The van der Waals surface area contributed by atoms with Crippen LogP contribution in [0.5, 0.6) is 0 Å². The van der Waals surface area contributed by atoms with Crippen LogP contribution in [0.3, 0.4) is 0 Å². The Morgan fingerprint density at radius 3 is 2.83 bits per heavy atom. The predicted octanol–water partition coefficient (Wildman–Crippen LogP) is 1.35. The van der Waals surface area contributed by atoms with E-state index in [9.17, 15) is 9.59 Å². The quantitative estimate of drug-likeness (QED) is 0.757. The van der Waals surface area contributed by atoms with Gasteiger partial charge in [0.25, 0.3) is 0 Å². The Labute approximate surface area is 183 Å². The number of nitrogens with zero attached hydrogens (tertiary/aromatic N) is 3. The number of fused-ring (bicyclic) bond motifs is 1. The van der Waals surface area contributed by atoms with Gasteiger partial charge in [-0.15, -0.1) is 0 Å². The molecular weight excluding hydrogens is 404 g/mol. The zero-order valence-electron chi connectivity index (χ0n) is 17.6. The van der Waals surface area contributed by atoms with Crippen LogP contribution in [0.4, 0.5) is 0 Å². The predicted molar refractivity (Wildman–Crippen MR) is 115 cm³/mol. The molecule has 3 atom stereocenters. The number of likely N-dealkylation sites (N-methyl/N-ethyl adjacent to an activating group) is 1. The summed E-state index contributed by atoms with van der Waals surface area (Å²) in [5, 5.41) is 3.85. The van der Waals surface area contributed by atoms with Crippen molar-refractivity contribution in [1.82, 2.24) is 20.0 Å². The third-order valence-corrected chi connectivity index (χ3v) is 6.91. The lowest BCUT2D eigenvalue weighted by molar-refractivity contribution is -0.135. The van der Waals surface area contributed by atoms with Crippen molar-refractivity contribution < 1.29 is 14.3 Å². The SMILES string of the molecule is CN1C(CCC(=O)N2CCOCC2)CNC(=O)C2C1CCN2Cc1cccc(Cl)c1. The van der Waals surface area contributed by atoms with E-state index in [0.717, 1.165) is 30.0 Å². The van der Waals surface area contributed by atoms with Gasteiger partial charge in [-0.05, 0) is 37.6 Å². The van der Waals surface area contributed by atoms with Gasteiger partial charge in [0.2, 0.25) is 11.8 Å². The maximum atomic E-state index is 12.9. The summed E-state index contributed by atoms with van der Waals surface area (Å²) >= 11 is 6.14. The highest BCUT2D eigenvalue weighted by Gasteiger charge is 2.44. The molecule has 0 spiro atoms. The molecule has 3 heterocycles. The highest BCUT2D eigenvalue weighted by molar-refractivity contribution is 6.30. The van der Waals surface area contributed by atoms with Crippen LogP contribution in [-0.2, 0) is 20.9 Å². The zero-order chi connectivity index (χ0) is 21.1. The van der Waals surface area contributed by atoms with Crippen molar-refractivity contribution in [3.05, 3.63) is 34.9 Å². The number of carbonyl (C=O) groups excluding carboxylic acids is 2. The Kier molecular flexibility index (Phi) is 6.93. The number of amides is 2. The smallest absolute Gasteiger partial charge is 0.239 e. The molecule has 0 aliphatic carbocycles. The molecule has 3 saturated heterocycles. The average Bonchev–Trinajstić information content (AvgIpc) is 3.12. The summed E-state index contributed by atoms with van der Waals surface area (Å²) in [6.45, 7) is 4.78. The van der Waals surface area contributed by atoms with Gasteiger partial charge in [-0.25, -0.2) is 0 Å². The van der Waals surface area contributed by atoms with Gasteiger partial charge in [0.1, 0.15) is 6.04 Å². The highest BCUT2D eigenvalue weighted by atomic mass is 35.5. The fourth-order valence-electron chi connectivity index (χ4n) is 4.96.